The fourth-order valence-corrected chi connectivity index (χ4v) is 11.2. The number of hydrogen-bond donors (Lipinski definition) is 3. The summed E-state index contributed by atoms with van der Waals surface area (Å²) in [6.07, 6.45) is 15.7. The van der Waals surface area contributed by atoms with E-state index in [1.807, 2.05) is 54.6 Å². The molecule has 5 aliphatic rings. The van der Waals surface area contributed by atoms with E-state index in [1.54, 1.807) is 0 Å². The fraction of sp³-hybridized carbons (Fsp3) is 0.581. The molecule has 2 aromatic carbocycles. The lowest BCUT2D eigenvalue weighted by Gasteiger charge is -2.56. The Bertz CT molecular complexity index is 1700. The average Bonchev–Trinajstić information content (AvgIpc) is 3.11. The summed E-state index contributed by atoms with van der Waals surface area (Å²) in [4.78, 5) is 27.4. The second-order valence-corrected chi connectivity index (χ2v) is 17.5. The summed E-state index contributed by atoms with van der Waals surface area (Å²) in [6, 6.07) is 18.1. The number of anilines is 2. The van der Waals surface area contributed by atoms with E-state index < -0.39 is 0 Å². The molecule has 2 saturated heterocycles. The molecule has 1 aromatic heterocycles. The quantitative estimate of drug-likeness (QED) is 0.192. The highest BCUT2D eigenvalue weighted by Crippen LogP contribution is 2.55. The molecule has 2 aliphatic heterocycles. The molecule has 276 valence electrons. The molecule has 9 nitrogen and oxygen atoms in total. The number of fused-ring (bicyclic) bond motifs is 2. The Morgan fingerprint density at radius 1 is 0.885 bits per heavy atom. The number of hydrogen-bond acceptors (Lipinski definition) is 8. The predicted molar refractivity (Wildman–Crippen MR) is 207 cm³/mol. The Morgan fingerprint density at radius 3 is 2.21 bits per heavy atom. The van der Waals surface area contributed by atoms with Gasteiger partial charge in [0.2, 0.25) is 5.91 Å². The monoisotopic (exact) mass is 703 g/mol. The number of carbonyl (C=O) groups excluding carboxylic acids is 1. The van der Waals surface area contributed by atoms with Crippen LogP contribution in [0, 0.1) is 34.0 Å². The lowest BCUT2D eigenvalue weighted by atomic mass is 9.55. The number of ether oxygens (including phenoxy) is 1. The van der Waals surface area contributed by atoms with Crippen LogP contribution in [0.1, 0.15) is 102 Å². The molecule has 2 bridgehead atoms. The maximum absolute atomic E-state index is 13.7. The maximum atomic E-state index is 13.7. The molecule has 8 rings (SSSR count). The SMILES string of the molecule is CC1CC2CC(C)CC(CC(=O)N3CCC4(CC3)CC(N3CCC(Nc5ncnc(N)c5C(=N)c5ccc(Oc6ccccc6)cc5)CC3)C4)(C1)C2. The normalized spacial score (nSPS) is 27.9. The third kappa shape index (κ3) is 7.43. The molecule has 9 heteroatoms. The van der Waals surface area contributed by atoms with Gasteiger partial charge in [0.15, 0.2) is 0 Å². The number of amides is 1. The van der Waals surface area contributed by atoms with Crippen molar-refractivity contribution in [1.29, 1.82) is 5.41 Å². The summed E-state index contributed by atoms with van der Waals surface area (Å²) in [6.45, 7) is 8.85. The Balaban J connectivity index is 0.806. The molecule has 3 aromatic rings. The number of likely N-dealkylation sites (tertiary alicyclic amines) is 2. The number of nitrogens with one attached hydrogen (secondary N) is 2. The standard InChI is InChI=1S/C43H57N7O2/c1-29-20-31-21-30(2)23-43(22-29,24-31)27-37(51)50-18-14-42(15-19-50)25-34(26-42)49-16-12-33(13-17-49)48-41-38(40(45)46-28-47-41)39(44)32-8-10-36(11-9-32)52-35-6-4-3-5-7-35/h3-11,28-31,33-34,44H,12-27H2,1-2H3,(H3,45,46,47,48). The molecule has 2 unspecified atom stereocenters. The Labute approximate surface area is 309 Å². The Morgan fingerprint density at radius 2 is 1.54 bits per heavy atom. The van der Waals surface area contributed by atoms with Crippen LogP contribution in [0.4, 0.5) is 11.6 Å². The van der Waals surface area contributed by atoms with Crippen LogP contribution in [-0.4, -0.2) is 69.6 Å². The molecule has 3 aliphatic carbocycles. The summed E-state index contributed by atoms with van der Waals surface area (Å²) in [5.41, 5.74) is 8.61. The third-order valence-electron chi connectivity index (χ3n) is 13.4. The van der Waals surface area contributed by atoms with Crippen LogP contribution in [0.25, 0.3) is 0 Å². The topological polar surface area (TPSA) is 120 Å². The van der Waals surface area contributed by atoms with Gasteiger partial charge in [-0.2, -0.15) is 0 Å². The van der Waals surface area contributed by atoms with Crippen molar-refractivity contribution in [2.45, 2.75) is 103 Å². The molecule has 3 saturated carbocycles. The molecule has 4 N–H and O–H groups in total. The van der Waals surface area contributed by atoms with E-state index >= 15 is 0 Å². The summed E-state index contributed by atoms with van der Waals surface area (Å²) in [5, 5.41) is 12.7. The molecule has 3 heterocycles. The highest BCUT2D eigenvalue weighted by Gasteiger charge is 2.50. The van der Waals surface area contributed by atoms with Crippen molar-refractivity contribution < 1.29 is 9.53 Å². The zero-order valence-electron chi connectivity index (χ0n) is 31.2. The van der Waals surface area contributed by atoms with E-state index in [2.05, 4.69) is 38.9 Å². The second kappa shape index (κ2) is 14.4. The molecule has 1 spiro atoms. The van der Waals surface area contributed by atoms with Crippen molar-refractivity contribution in [3.63, 3.8) is 0 Å². The number of para-hydroxylation sites is 1. The molecule has 2 atom stereocenters. The Hall–Kier alpha value is -3.98. The minimum absolute atomic E-state index is 0.260. The molecular weight excluding hydrogens is 647 g/mol. The zero-order valence-corrected chi connectivity index (χ0v) is 31.2. The molecule has 5 fully saturated rings. The molecule has 1 amide bonds. The van der Waals surface area contributed by atoms with Gasteiger partial charge in [-0.05, 0) is 136 Å². The van der Waals surface area contributed by atoms with Gasteiger partial charge in [-0.1, -0.05) is 32.0 Å². The number of nitrogen functional groups attached to an aromatic ring is 1. The number of rotatable bonds is 9. The first-order chi connectivity index (χ1) is 25.1. The van der Waals surface area contributed by atoms with Crippen molar-refractivity contribution in [3.05, 3.63) is 72.1 Å². The van der Waals surface area contributed by atoms with Gasteiger partial charge in [0.1, 0.15) is 29.5 Å². The van der Waals surface area contributed by atoms with Crippen molar-refractivity contribution >= 4 is 23.3 Å². The predicted octanol–water partition coefficient (Wildman–Crippen LogP) is 8.16. The van der Waals surface area contributed by atoms with Gasteiger partial charge in [0, 0.05) is 50.2 Å². The van der Waals surface area contributed by atoms with Gasteiger partial charge >= 0.3 is 0 Å². The van der Waals surface area contributed by atoms with Crippen molar-refractivity contribution in [2.75, 3.05) is 37.2 Å². The first kappa shape index (κ1) is 35.1. The van der Waals surface area contributed by atoms with E-state index in [0.29, 0.717) is 40.3 Å². The van der Waals surface area contributed by atoms with Gasteiger partial charge < -0.3 is 25.6 Å². The number of nitrogens with zero attached hydrogens (tertiary/aromatic N) is 4. The number of benzene rings is 2. The largest absolute Gasteiger partial charge is 0.457 e. The number of piperidine rings is 2. The van der Waals surface area contributed by atoms with Gasteiger partial charge in [-0.3, -0.25) is 10.2 Å². The molecule has 52 heavy (non-hydrogen) atoms. The van der Waals surface area contributed by atoms with Crippen LogP contribution in [0.3, 0.4) is 0 Å². The zero-order chi connectivity index (χ0) is 35.9. The summed E-state index contributed by atoms with van der Waals surface area (Å²) < 4.78 is 5.94. The third-order valence-corrected chi connectivity index (χ3v) is 13.4. The van der Waals surface area contributed by atoms with Crippen molar-refractivity contribution in [3.8, 4) is 11.5 Å². The van der Waals surface area contributed by atoms with E-state index in [4.69, 9.17) is 15.9 Å². The highest BCUT2D eigenvalue weighted by molar-refractivity contribution is 6.16. The van der Waals surface area contributed by atoms with Gasteiger partial charge in [0.05, 0.1) is 11.3 Å². The summed E-state index contributed by atoms with van der Waals surface area (Å²) in [7, 11) is 0. The summed E-state index contributed by atoms with van der Waals surface area (Å²) in [5.74, 6) is 5.22. The lowest BCUT2D eigenvalue weighted by Crippen LogP contribution is -2.57. The minimum atomic E-state index is 0.260. The maximum Gasteiger partial charge on any atom is 0.223 e. The Kier molecular flexibility index (Phi) is 9.74. The number of carbonyl (C=O) groups is 1. The number of nitrogens with two attached hydrogens (primary N) is 1. The molecule has 0 radical (unpaired) electrons. The van der Waals surface area contributed by atoms with Crippen LogP contribution >= 0.6 is 0 Å². The van der Waals surface area contributed by atoms with Crippen molar-refractivity contribution in [2.24, 2.45) is 28.6 Å². The van der Waals surface area contributed by atoms with E-state index in [9.17, 15) is 4.79 Å². The molecular formula is C43H57N7O2. The van der Waals surface area contributed by atoms with Crippen LogP contribution < -0.4 is 15.8 Å². The van der Waals surface area contributed by atoms with Gasteiger partial charge in [-0.25, -0.2) is 9.97 Å². The van der Waals surface area contributed by atoms with Crippen LogP contribution in [0.2, 0.25) is 0 Å². The second-order valence-electron chi connectivity index (χ2n) is 17.5. The van der Waals surface area contributed by atoms with Gasteiger partial charge in [-0.15, -0.1) is 0 Å². The minimum Gasteiger partial charge on any atom is -0.457 e. The van der Waals surface area contributed by atoms with E-state index in [1.165, 1.54) is 64.1 Å². The lowest BCUT2D eigenvalue weighted by molar-refractivity contribution is -0.141. The van der Waals surface area contributed by atoms with Crippen LogP contribution in [-0.2, 0) is 4.79 Å². The first-order valence-corrected chi connectivity index (χ1v) is 20.0. The van der Waals surface area contributed by atoms with Crippen molar-refractivity contribution in [1.82, 2.24) is 19.8 Å². The average molecular weight is 704 g/mol. The highest BCUT2D eigenvalue weighted by atomic mass is 16.5. The summed E-state index contributed by atoms with van der Waals surface area (Å²) >= 11 is 0. The smallest absolute Gasteiger partial charge is 0.223 e. The van der Waals surface area contributed by atoms with E-state index in [0.717, 1.165) is 74.5 Å². The van der Waals surface area contributed by atoms with Crippen LogP contribution in [0.15, 0.2) is 60.9 Å². The fourth-order valence-electron chi connectivity index (χ4n) is 11.2. The number of aromatic nitrogens is 2. The van der Waals surface area contributed by atoms with Gasteiger partial charge in [0.25, 0.3) is 0 Å². The van der Waals surface area contributed by atoms with Crippen LogP contribution in [0.5, 0.6) is 11.5 Å². The first-order valence-electron chi connectivity index (χ1n) is 20.0. The van der Waals surface area contributed by atoms with E-state index in [-0.39, 0.29) is 17.2 Å².